The van der Waals surface area contributed by atoms with E-state index in [4.69, 9.17) is 16.0 Å². The van der Waals surface area contributed by atoms with Crippen LogP contribution in [0, 0.1) is 6.92 Å². The monoisotopic (exact) mass is 361 g/mol. The smallest absolute Gasteiger partial charge is 0.228 e. The fourth-order valence-corrected chi connectivity index (χ4v) is 3.06. The summed E-state index contributed by atoms with van der Waals surface area (Å²) >= 11 is 7.71. The van der Waals surface area contributed by atoms with E-state index in [2.05, 4.69) is 15.3 Å². The number of halogens is 1. The Hall–Kier alpha value is -2.18. The van der Waals surface area contributed by atoms with Gasteiger partial charge in [0.15, 0.2) is 0 Å². The number of oxazole rings is 1. The minimum Gasteiger partial charge on any atom is -0.441 e. The van der Waals surface area contributed by atoms with Gasteiger partial charge in [-0.2, -0.15) is 0 Å². The van der Waals surface area contributed by atoms with Crippen LogP contribution >= 0.6 is 22.9 Å². The molecular weight excluding hydrogens is 346 g/mol. The van der Waals surface area contributed by atoms with Gasteiger partial charge in [0.2, 0.25) is 11.8 Å². The van der Waals surface area contributed by atoms with Gasteiger partial charge in [0.05, 0.1) is 33.9 Å². The highest BCUT2D eigenvalue weighted by Crippen LogP contribution is 2.28. The van der Waals surface area contributed by atoms with Crippen LogP contribution in [0.3, 0.4) is 0 Å². The molecule has 3 aromatic rings. The second-order valence-corrected chi connectivity index (χ2v) is 6.38. The number of amides is 1. The van der Waals surface area contributed by atoms with E-state index in [0.717, 1.165) is 17.7 Å². The molecule has 0 bridgehead atoms. The molecule has 2 aromatic heterocycles. The number of hydrogen-bond donors (Lipinski definition) is 1. The van der Waals surface area contributed by atoms with E-state index >= 15 is 0 Å². The molecule has 0 radical (unpaired) electrons. The van der Waals surface area contributed by atoms with Crippen LogP contribution in [-0.4, -0.2) is 22.4 Å². The van der Waals surface area contributed by atoms with Crippen molar-refractivity contribution in [3.05, 3.63) is 57.3 Å². The maximum atomic E-state index is 12.1. The molecule has 0 spiro atoms. The topological polar surface area (TPSA) is 68.0 Å². The maximum Gasteiger partial charge on any atom is 0.228 e. The number of aromatic nitrogens is 2. The average molecular weight is 362 g/mol. The molecule has 0 fully saturated rings. The van der Waals surface area contributed by atoms with Crippen LogP contribution in [0.4, 0.5) is 0 Å². The first-order chi connectivity index (χ1) is 11.6. The number of rotatable bonds is 6. The first-order valence-corrected chi connectivity index (χ1v) is 8.80. The number of benzene rings is 1. The van der Waals surface area contributed by atoms with Crippen molar-refractivity contribution in [2.45, 2.75) is 19.8 Å². The fraction of sp³-hybridized carbons (Fsp3) is 0.235. The predicted molar refractivity (Wildman–Crippen MR) is 94.2 cm³/mol. The number of nitrogens with zero attached hydrogens (tertiary/aromatic N) is 2. The molecule has 2 heterocycles. The molecule has 0 saturated heterocycles. The average Bonchev–Trinajstić information content (AvgIpc) is 3.18. The van der Waals surface area contributed by atoms with Gasteiger partial charge in [-0.1, -0.05) is 23.7 Å². The van der Waals surface area contributed by atoms with E-state index in [9.17, 15) is 4.79 Å². The van der Waals surface area contributed by atoms with E-state index in [1.807, 2.05) is 23.6 Å². The van der Waals surface area contributed by atoms with E-state index in [1.165, 1.54) is 0 Å². The Morgan fingerprint density at radius 2 is 2.21 bits per heavy atom. The standard InChI is InChI=1S/C17H16ClN3O2S/c1-11-15(8-16(22)19-7-6-12-9-24-10-20-12)21-17(23-11)13-4-2-3-5-14(13)18/h2-5,9-10H,6-8H2,1H3,(H,19,22). The lowest BCUT2D eigenvalue weighted by atomic mass is 10.2. The van der Waals surface area contributed by atoms with Gasteiger partial charge >= 0.3 is 0 Å². The molecular formula is C17H16ClN3O2S. The zero-order valence-corrected chi connectivity index (χ0v) is 14.7. The first-order valence-electron chi connectivity index (χ1n) is 7.48. The SMILES string of the molecule is Cc1oc(-c2ccccc2Cl)nc1CC(=O)NCCc1cscn1. The van der Waals surface area contributed by atoms with Gasteiger partial charge in [-0.15, -0.1) is 11.3 Å². The molecule has 0 aliphatic carbocycles. The summed E-state index contributed by atoms with van der Waals surface area (Å²) in [5.74, 6) is 0.968. The van der Waals surface area contributed by atoms with Crippen LogP contribution in [0.5, 0.6) is 0 Å². The molecule has 0 unspecified atom stereocenters. The van der Waals surface area contributed by atoms with Gasteiger partial charge < -0.3 is 9.73 Å². The fourth-order valence-electron chi connectivity index (χ4n) is 2.25. The van der Waals surface area contributed by atoms with Gasteiger partial charge in [-0.25, -0.2) is 9.97 Å². The van der Waals surface area contributed by atoms with Crippen molar-refractivity contribution in [3.63, 3.8) is 0 Å². The molecule has 1 N–H and O–H groups in total. The second kappa shape index (κ2) is 7.59. The van der Waals surface area contributed by atoms with Gasteiger partial charge in [0, 0.05) is 18.3 Å². The summed E-state index contributed by atoms with van der Waals surface area (Å²) in [6.45, 7) is 2.35. The Kier molecular flexibility index (Phi) is 5.27. The molecule has 1 aromatic carbocycles. The number of carbonyl (C=O) groups is 1. The van der Waals surface area contributed by atoms with E-state index < -0.39 is 0 Å². The van der Waals surface area contributed by atoms with Gasteiger partial charge in [-0.05, 0) is 19.1 Å². The van der Waals surface area contributed by atoms with Crippen molar-refractivity contribution in [2.24, 2.45) is 0 Å². The summed E-state index contributed by atoms with van der Waals surface area (Å²) in [6, 6.07) is 7.33. The van der Waals surface area contributed by atoms with Crippen molar-refractivity contribution in [2.75, 3.05) is 6.54 Å². The third-order valence-electron chi connectivity index (χ3n) is 3.51. The molecule has 0 saturated carbocycles. The highest BCUT2D eigenvalue weighted by Gasteiger charge is 2.16. The van der Waals surface area contributed by atoms with Crippen LogP contribution in [0.1, 0.15) is 17.1 Å². The Balaban J connectivity index is 1.61. The Bertz CT molecular complexity index is 830. The molecule has 0 aliphatic rings. The number of carbonyl (C=O) groups excluding carboxylic acids is 1. The van der Waals surface area contributed by atoms with Crippen molar-refractivity contribution < 1.29 is 9.21 Å². The lowest BCUT2D eigenvalue weighted by Gasteiger charge is -2.02. The third kappa shape index (κ3) is 4.01. The lowest BCUT2D eigenvalue weighted by molar-refractivity contribution is -0.120. The Morgan fingerprint density at radius 1 is 1.38 bits per heavy atom. The van der Waals surface area contributed by atoms with Crippen LogP contribution < -0.4 is 5.32 Å². The number of thiazole rings is 1. The lowest BCUT2D eigenvalue weighted by Crippen LogP contribution is -2.27. The largest absolute Gasteiger partial charge is 0.441 e. The summed E-state index contributed by atoms with van der Waals surface area (Å²) in [5, 5.41) is 5.42. The highest BCUT2D eigenvalue weighted by atomic mass is 35.5. The van der Waals surface area contributed by atoms with Crippen molar-refractivity contribution in [1.82, 2.24) is 15.3 Å². The zero-order valence-electron chi connectivity index (χ0n) is 13.1. The molecule has 3 rings (SSSR count). The minimum absolute atomic E-state index is 0.0904. The van der Waals surface area contributed by atoms with E-state index in [1.54, 1.807) is 29.8 Å². The Morgan fingerprint density at radius 3 is 2.96 bits per heavy atom. The second-order valence-electron chi connectivity index (χ2n) is 5.26. The van der Waals surface area contributed by atoms with Crippen molar-refractivity contribution in [1.29, 1.82) is 0 Å². The van der Waals surface area contributed by atoms with Gasteiger partial charge in [0.1, 0.15) is 5.76 Å². The number of hydrogen-bond acceptors (Lipinski definition) is 5. The molecule has 0 atom stereocenters. The Labute approximate surface area is 148 Å². The molecule has 7 heteroatoms. The van der Waals surface area contributed by atoms with E-state index in [-0.39, 0.29) is 12.3 Å². The number of nitrogens with one attached hydrogen (secondary N) is 1. The summed E-state index contributed by atoms with van der Waals surface area (Å²) in [5.41, 5.74) is 4.11. The zero-order chi connectivity index (χ0) is 16.9. The maximum absolute atomic E-state index is 12.1. The minimum atomic E-state index is -0.0904. The predicted octanol–water partition coefficient (Wildman–Crippen LogP) is 3.66. The molecule has 24 heavy (non-hydrogen) atoms. The summed E-state index contributed by atoms with van der Waals surface area (Å²) < 4.78 is 5.66. The van der Waals surface area contributed by atoms with Crippen LogP contribution in [0.2, 0.25) is 5.02 Å². The van der Waals surface area contributed by atoms with Crippen molar-refractivity contribution >= 4 is 28.8 Å². The van der Waals surface area contributed by atoms with Crippen LogP contribution in [0.25, 0.3) is 11.5 Å². The molecule has 1 amide bonds. The van der Waals surface area contributed by atoms with E-state index in [0.29, 0.717) is 28.9 Å². The normalized spacial score (nSPS) is 10.8. The summed E-state index contributed by atoms with van der Waals surface area (Å²) in [4.78, 5) is 20.7. The molecule has 5 nitrogen and oxygen atoms in total. The van der Waals surface area contributed by atoms with Crippen LogP contribution in [-0.2, 0) is 17.6 Å². The van der Waals surface area contributed by atoms with Crippen molar-refractivity contribution in [3.8, 4) is 11.5 Å². The summed E-state index contributed by atoms with van der Waals surface area (Å²) in [6.07, 6.45) is 0.898. The summed E-state index contributed by atoms with van der Waals surface area (Å²) in [7, 11) is 0. The van der Waals surface area contributed by atoms with Gasteiger partial charge in [0.25, 0.3) is 0 Å². The number of aryl methyl sites for hydroxylation is 1. The highest BCUT2D eigenvalue weighted by molar-refractivity contribution is 7.07. The third-order valence-corrected chi connectivity index (χ3v) is 4.48. The quantitative estimate of drug-likeness (QED) is 0.727. The molecule has 124 valence electrons. The van der Waals surface area contributed by atoms with Crippen LogP contribution in [0.15, 0.2) is 39.6 Å². The first kappa shape index (κ1) is 16.7. The molecule has 0 aliphatic heterocycles. The van der Waals surface area contributed by atoms with Gasteiger partial charge in [-0.3, -0.25) is 4.79 Å².